The van der Waals surface area contributed by atoms with E-state index >= 15 is 0 Å². The zero-order chi connectivity index (χ0) is 14.4. The lowest BCUT2D eigenvalue weighted by molar-refractivity contribution is 0.166. The molecule has 1 saturated heterocycles. The van der Waals surface area contributed by atoms with E-state index in [1.807, 2.05) is 29.7 Å². The van der Waals surface area contributed by atoms with Gasteiger partial charge in [-0.1, -0.05) is 30.3 Å². The van der Waals surface area contributed by atoms with Crippen LogP contribution in [0, 0.1) is 0 Å². The lowest BCUT2D eigenvalue weighted by Crippen LogP contribution is -2.43. The summed E-state index contributed by atoms with van der Waals surface area (Å²) in [4.78, 5) is 16.1. The predicted molar refractivity (Wildman–Crippen MR) is 81.6 cm³/mol. The van der Waals surface area contributed by atoms with Gasteiger partial charge in [0.25, 0.3) is 0 Å². The van der Waals surface area contributed by atoms with Crippen LogP contribution in [0.5, 0.6) is 0 Å². The fraction of sp³-hybridized carbons (Fsp3) is 0.562. The lowest BCUT2D eigenvalue weighted by atomic mass is 10.2. The van der Waals surface area contributed by atoms with Crippen LogP contribution in [0.15, 0.2) is 30.3 Å². The number of nitrogens with one attached hydrogen (secondary N) is 1. The number of carbonyl (C=O) groups excluding carboxylic acids is 1. The summed E-state index contributed by atoms with van der Waals surface area (Å²) in [6, 6.07) is 11.0. The third kappa shape index (κ3) is 3.73. The monoisotopic (exact) mass is 275 g/mol. The molecule has 1 aliphatic heterocycles. The maximum absolute atomic E-state index is 12.3. The summed E-state index contributed by atoms with van der Waals surface area (Å²) in [6.45, 7) is 8.19. The van der Waals surface area contributed by atoms with Gasteiger partial charge < -0.3 is 15.1 Å². The average molecular weight is 275 g/mol. The Morgan fingerprint density at radius 2 is 2.00 bits per heavy atom. The molecule has 1 aromatic rings. The Bertz CT molecular complexity index is 417. The molecule has 1 fully saturated rings. The first-order chi connectivity index (χ1) is 9.74. The first-order valence-corrected chi connectivity index (χ1v) is 7.55. The number of hydrogen-bond acceptors (Lipinski definition) is 2. The second-order valence-corrected chi connectivity index (χ2v) is 5.25. The van der Waals surface area contributed by atoms with Gasteiger partial charge in [-0.3, -0.25) is 0 Å². The normalized spacial score (nSPS) is 18.3. The van der Waals surface area contributed by atoms with Gasteiger partial charge in [0.2, 0.25) is 0 Å². The van der Waals surface area contributed by atoms with Crippen LogP contribution in [0.4, 0.5) is 4.79 Å². The number of urea groups is 1. The maximum atomic E-state index is 12.3. The quantitative estimate of drug-likeness (QED) is 0.895. The van der Waals surface area contributed by atoms with Crippen molar-refractivity contribution >= 4 is 6.03 Å². The fourth-order valence-electron chi connectivity index (χ4n) is 2.65. The van der Waals surface area contributed by atoms with Crippen molar-refractivity contribution in [1.82, 2.24) is 15.1 Å². The average Bonchev–Trinajstić information content (AvgIpc) is 2.96. The Morgan fingerprint density at radius 1 is 1.30 bits per heavy atom. The second-order valence-electron chi connectivity index (χ2n) is 5.25. The molecule has 1 atom stereocenters. The summed E-state index contributed by atoms with van der Waals surface area (Å²) in [5, 5.41) is 3.55. The standard InChI is InChI=1S/C16H25N3O/c1-3-18(4-2)16(20)19-11-10-15(13-19)17-12-14-8-6-5-7-9-14/h5-9,15,17H,3-4,10-13H2,1-2H3. The smallest absolute Gasteiger partial charge is 0.320 e. The highest BCUT2D eigenvalue weighted by Gasteiger charge is 2.27. The topological polar surface area (TPSA) is 35.6 Å². The van der Waals surface area contributed by atoms with E-state index in [-0.39, 0.29) is 6.03 Å². The molecule has 0 spiro atoms. The molecule has 2 rings (SSSR count). The van der Waals surface area contributed by atoms with Crippen LogP contribution in [-0.2, 0) is 6.54 Å². The lowest BCUT2D eigenvalue weighted by Gasteiger charge is -2.26. The Balaban J connectivity index is 1.79. The highest BCUT2D eigenvalue weighted by molar-refractivity contribution is 5.74. The van der Waals surface area contributed by atoms with Gasteiger partial charge in [-0.25, -0.2) is 4.79 Å². The van der Waals surface area contributed by atoms with E-state index in [0.29, 0.717) is 6.04 Å². The highest BCUT2D eigenvalue weighted by atomic mass is 16.2. The van der Waals surface area contributed by atoms with Crippen LogP contribution in [0.1, 0.15) is 25.8 Å². The molecule has 20 heavy (non-hydrogen) atoms. The third-order valence-corrected chi connectivity index (χ3v) is 3.93. The number of carbonyl (C=O) groups is 1. The minimum Gasteiger partial charge on any atom is -0.325 e. The largest absolute Gasteiger partial charge is 0.325 e. The first kappa shape index (κ1) is 14.9. The van der Waals surface area contributed by atoms with Crippen molar-refractivity contribution in [3.05, 3.63) is 35.9 Å². The number of likely N-dealkylation sites (tertiary alicyclic amines) is 1. The van der Waals surface area contributed by atoms with Crippen LogP contribution in [0.2, 0.25) is 0 Å². The summed E-state index contributed by atoms with van der Waals surface area (Å²) in [5.41, 5.74) is 1.29. The Hall–Kier alpha value is -1.55. The van der Waals surface area contributed by atoms with E-state index < -0.39 is 0 Å². The van der Waals surface area contributed by atoms with Gasteiger partial charge in [0, 0.05) is 38.8 Å². The van der Waals surface area contributed by atoms with Crippen LogP contribution in [0.25, 0.3) is 0 Å². The highest BCUT2D eigenvalue weighted by Crippen LogP contribution is 2.12. The van der Waals surface area contributed by atoms with Crippen LogP contribution >= 0.6 is 0 Å². The molecule has 1 heterocycles. The van der Waals surface area contributed by atoms with Crippen molar-refractivity contribution in [3.63, 3.8) is 0 Å². The molecular formula is C16H25N3O. The molecule has 0 aliphatic carbocycles. The van der Waals surface area contributed by atoms with Gasteiger partial charge >= 0.3 is 6.03 Å². The summed E-state index contributed by atoms with van der Waals surface area (Å²) < 4.78 is 0. The van der Waals surface area contributed by atoms with Crippen molar-refractivity contribution < 1.29 is 4.79 Å². The summed E-state index contributed by atoms with van der Waals surface area (Å²) >= 11 is 0. The number of nitrogens with zero attached hydrogens (tertiary/aromatic N) is 2. The molecule has 0 saturated carbocycles. The van der Waals surface area contributed by atoms with Crippen LogP contribution in [-0.4, -0.2) is 48.1 Å². The van der Waals surface area contributed by atoms with Crippen molar-refractivity contribution in [1.29, 1.82) is 0 Å². The summed E-state index contributed by atoms with van der Waals surface area (Å²) in [7, 11) is 0. The molecule has 4 heteroatoms. The molecule has 1 unspecified atom stereocenters. The zero-order valence-corrected chi connectivity index (χ0v) is 12.5. The van der Waals surface area contributed by atoms with Gasteiger partial charge in [-0.2, -0.15) is 0 Å². The van der Waals surface area contributed by atoms with Gasteiger partial charge in [-0.15, -0.1) is 0 Å². The molecule has 4 nitrogen and oxygen atoms in total. The number of rotatable bonds is 5. The minimum absolute atomic E-state index is 0.180. The molecular weight excluding hydrogens is 250 g/mol. The first-order valence-electron chi connectivity index (χ1n) is 7.55. The molecule has 2 amide bonds. The molecule has 0 radical (unpaired) electrons. The summed E-state index contributed by atoms with van der Waals surface area (Å²) in [6.07, 6.45) is 1.04. The van der Waals surface area contributed by atoms with Crippen molar-refractivity contribution in [2.24, 2.45) is 0 Å². The second kappa shape index (κ2) is 7.29. The number of benzene rings is 1. The van der Waals surface area contributed by atoms with Gasteiger partial charge in [-0.05, 0) is 25.8 Å². The predicted octanol–water partition coefficient (Wildman–Crippen LogP) is 2.31. The Kier molecular flexibility index (Phi) is 5.41. The van der Waals surface area contributed by atoms with E-state index in [4.69, 9.17) is 0 Å². The van der Waals surface area contributed by atoms with Crippen LogP contribution < -0.4 is 5.32 Å². The molecule has 0 bridgehead atoms. The van der Waals surface area contributed by atoms with Crippen LogP contribution in [0.3, 0.4) is 0 Å². The maximum Gasteiger partial charge on any atom is 0.320 e. The third-order valence-electron chi connectivity index (χ3n) is 3.93. The molecule has 110 valence electrons. The van der Waals surface area contributed by atoms with E-state index in [1.165, 1.54) is 5.56 Å². The number of amides is 2. The fourth-order valence-corrected chi connectivity index (χ4v) is 2.65. The van der Waals surface area contributed by atoms with Gasteiger partial charge in [0.05, 0.1) is 0 Å². The summed E-state index contributed by atoms with van der Waals surface area (Å²) in [5.74, 6) is 0. The molecule has 0 aromatic heterocycles. The van der Waals surface area contributed by atoms with Crippen molar-refractivity contribution in [2.45, 2.75) is 32.9 Å². The molecule has 1 aromatic carbocycles. The minimum atomic E-state index is 0.180. The SMILES string of the molecule is CCN(CC)C(=O)N1CCC(NCc2ccccc2)C1. The van der Waals surface area contributed by atoms with E-state index in [2.05, 4.69) is 29.6 Å². The van der Waals surface area contributed by atoms with Crippen molar-refractivity contribution in [3.8, 4) is 0 Å². The van der Waals surface area contributed by atoms with Crippen molar-refractivity contribution in [2.75, 3.05) is 26.2 Å². The van der Waals surface area contributed by atoms with Gasteiger partial charge in [0.1, 0.15) is 0 Å². The Morgan fingerprint density at radius 3 is 2.65 bits per heavy atom. The van der Waals surface area contributed by atoms with E-state index in [9.17, 15) is 4.79 Å². The number of hydrogen-bond donors (Lipinski definition) is 1. The van der Waals surface area contributed by atoms with Gasteiger partial charge in [0.15, 0.2) is 0 Å². The zero-order valence-electron chi connectivity index (χ0n) is 12.5. The molecule has 1 N–H and O–H groups in total. The molecule has 1 aliphatic rings. The Labute approximate surface area is 121 Å². The van der Waals surface area contributed by atoms with E-state index in [0.717, 1.165) is 39.1 Å². The van der Waals surface area contributed by atoms with E-state index in [1.54, 1.807) is 0 Å².